The van der Waals surface area contributed by atoms with Crippen molar-refractivity contribution in [2.45, 2.75) is 12.3 Å². The number of hydrogen-bond acceptors (Lipinski definition) is 3. The Morgan fingerprint density at radius 3 is 1.90 bits per heavy atom. The zero-order valence-corrected chi connectivity index (χ0v) is 21.5. The summed E-state index contributed by atoms with van der Waals surface area (Å²) in [4.78, 5) is 0. The first-order valence-electron chi connectivity index (χ1n) is 13.4. The number of phenols is 3. The fourth-order valence-electron chi connectivity index (χ4n) is 6.72. The molecule has 0 aliphatic heterocycles. The lowest BCUT2D eigenvalue weighted by molar-refractivity contribution is 0.398. The molecule has 6 aromatic carbocycles. The van der Waals surface area contributed by atoms with Crippen molar-refractivity contribution in [3.8, 4) is 28.4 Å². The highest BCUT2D eigenvalue weighted by molar-refractivity contribution is 6.21. The Bertz CT molecular complexity index is 2130. The summed E-state index contributed by atoms with van der Waals surface area (Å²) >= 11 is 0. The van der Waals surface area contributed by atoms with Gasteiger partial charge in [0, 0.05) is 17.5 Å². The molecule has 192 valence electrons. The van der Waals surface area contributed by atoms with E-state index in [0.29, 0.717) is 16.5 Å². The number of fused-ring (bicyclic) bond motifs is 6. The fraction of sp³-hybridized carbons (Fsp3) is 0.0556. The SMILES string of the molecule is Oc1c(-c2c3ccccc3c(C3CC=Cc4ccccc43)c3ccccc23)c(O)c2c([oH+]c3ccccc32)c1O. The fourth-order valence-corrected chi connectivity index (χ4v) is 6.72. The molecule has 1 heterocycles. The highest BCUT2D eigenvalue weighted by Crippen LogP contribution is 2.56. The van der Waals surface area contributed by atoms with E-state index in [1.807, 2.05) is 60.7 Å². The van der Waals surface area contributed by atoms with Gasteiger partial charge in [0.15, 0.2) is 5.75 Å². The quantitative estimate of drug-likeness (QED) is 0.0918. The van der Waals surface area contributed by atoms with Crippen LogP contribution in [0.15, 0.2) is 108 Å². The smallest absolute Gasteiger partial charge is 0.319 e. The molecule has 0 radical (unpaired) electrons. The van der Waals surface area contributed by atoms with Gasteiger partial charge in [0.25, 0.3) is 11.3 Å². The summed E-state index contributed by atoms with van der Waals surface area (Å²) in [5, 5.41) is 39.6. The number of furan rings is 1. The number of rotatable bonds is 2. The van der Waals surface area contributed by atoms with Crippen LogP contribution in [0.1, 0.15) is 29.0 Å². The molecule has 40 heavy (non-hydrogen) atoms. The Balaban J connectivity index is 1.54. The molecule has 1 aromatic heterocycles. The number of phenolic OH excluding ortho intramolecular Hbond substituents is 3. The molecule has 1 unspecified atom stereocenters. The van der Waals surface area contributed by atoms with Crippen molar-refractivity contribution in [1.82, 2.24) is 0 Å². The number of para-hydroxylation sites is 1. The van der Waals surface area contributed by atoms with Crippen LogP contribution < -0.4 is 0 Å². The van der Waals surface area contributed by atoms with Gasteiger partial charge in [0.05, 0.1) is 10.9 Å². The van der Waals surface area contributed by atoms with Crippen LogP contribution in [0.5, 0.6) is 17.2 Å². The van der Waals surface area contributed by atoms with E-state index in [-0.39, 0.29) is 34.3 Å². The molecule has 0 saturated carbocycles. The van der Waals surface area contributed by atoms with Crippen molar-refractivity contribution >= 4 is 49.6 Å². The molecule has 0 fully saturated rings. The van der Waals surface area contributed by atoms with Crippen LogP contribution in [-0.2, 0) is 0 Å². The Kier molecular flexibility index (Phi) is 4.77. The van der Waals surface area contributed by atoms with E-state index in [1.165, 1.54) is 16.7 Å². The highest BCUT2D eigenvalue weighted by Gasteiger charge is 2.32. The Morgan fingerprint density at radius 1 is 0.575 bits per heavy atom. The standard InChI is InChI=1S/C36H24O4/c37-33-31-27-17-7-8-19-28(27)40-36(31)35(39)34(38)32(33)30-25-15-5-3-13-23(25)29(24-14-4-6-16-26(24)30)22-18-9-11-20-10-1-2-12-21(20)22/h1-17,19,22,37-39H,18H2/p+1. The van der Waals surface area contributed by atoms with Crippen LogP contribution in [0, 0.1) is 0 Å². The van der Waals surface area contributed by atoms with Gasteiger partial charge in [-0.1, -0.05) is 97.1 Å². The van der Waals surface area contributed by atoms with E-state index in [1.54, 1.807) is 0 Å². The van der Waals surface area contributed by atoms with Crippen molar-refractivity contribution in [2.75, 3.05) is 0 Å². The van der Waals surface area contributed by atoms with Gasteiger partial charge >= 0.3 is 5.58 Å². The summed E-state index contributed by atoms with van der Waals surface area (Å²) in [6.07, 6.45) is 5.30. The maximum Gasteiger partial charge on any atom is 0.319 e. The van der Waals surface area contributed by atoms with Gasteiger partial charge in [0.1, 0.15) is 11.1 Å². The second-order valence-electron chi connectivity index (χ2n) is 10.5. The van der Waals surface area contributed by atoms with Crippen LogP contribution in [0.2, 0.25) is 0 Å². The minimum atomic E-state index is -0.373. The number of allylic oxidation sites excluding steroid dienone is 1. The van der Waals surface area contributed by atoms with E-state index in [2.05, 4.69) is 53.0 Å². The molecule has 8 rings (SSSR count). The topological polar surface area (TPSA) is 73.5 Å². The zero-order chi connectivity index (χ0) is 27.0. The van der Waals surface area contributed by atoms with Crippen LogP contribution in [-0.4, -0.2) is 15.3 Å². The van der Waals surface area contributed by atoms with Gasteiger partial charge in [-0.2, -0.15) is 0 Å². The van der Waals surface area contributed by atoms with Crippen LogP contribution in [0.4, 0.5) is 0 Å². The van der Waals surface area contributed by atoms with Crippen molar-refractivity contribution in [2.24, 2.45) is 0 Å². The molecule has 1 atom stereocenters. The van der Waals surface area contributed by atoms with E-state index in [4.69, 9.17) is 0 Å². The first-order valence-corrected chi connectivity index (χ1v) is 13.4. The van der Waals surface area contributed by atoms with Gasteiger partial charge in [-0.25, -0.2) is 0 Å². The molecule has 0 saturated heterocycles. The first-order chi connectivity index (χ1) is 19.6. The van der Waals surface area contributed by atoms with E-state index >= 15 is 0 Å². The molecule has 0 amide bonds. The van der Waals surface area contributed by atoms with E-state index in [0.717, 1.165) is 33.4 Å². The summed E-state index contributed by atoms with van der Waals surface area (Å²) in [5.41, 5.74) is 5.46. The lowest BCUT2D eigenvalue weighted by atomic mass is 9.77. The number of aromatic hydroxyl groups is 3. The number of benzene rings is 6. The minimum Gasteiger partial charge on any atom is -0.542 e. The molecule has 0 bridgehead atoms. The lowest BCUT2D eigenvalue weighted by Gasteiger charge is -2.27. The third-order valence-corrected chi connectivity index (χ3v) is 8.41. The lowest BCUT2D eigenvalue weighted by Crippen LogP contribution is -2.07. The predicted molar refractivity (Wildman–Crippen MR) is 162 cm³/mol. The maximum absolute atomic E-state index is 11.8. The van der Waals surface area contributed by atoms with Crippen LogP contribution in [0.25, 0.3) is 60.7 Å². The molecule has 1 aliphatic carbocycles. The van der Waals surface area contributed by atoms with Gasteiger partial charge in [-0.3, -0.25) is 0 Å². The molecule has 7 aromatic rings. The van der Waals surface area contributed by atoms with Crippen molar-refractivity contribution in [1.29, 1.82) is 0 Å². The molecule has 1 aliphatic rings. The van der Waals surface area contributed by atoms with E-state index in [9.17, 15) is 15.3 Å². The maximum atomic E-state index is 11.8. The summed E-state index contributed by atoms with van der Waals surface area (Å²) < 4.78 is 4.52. The molecular weight excluding hydrogens is 496 g/mol. The second-order valence-corrected chi connectivity index (χ2v) is 10.5. The predicted octanol–water partition coefficient (Wildman–Crippen LogP) is 9.34. The van der Waals surface area contributed by atoms with Crippen molar-refractivity contribution in [3.05, 3.63) is 120 Å². The average molecular weight is 522 g/mol. The molecule has 4 heteroatoms. The van der Waals surface area contributed by atoms with Crippen molar-refractivity contribution in [3.63, 3.8) is 0 Å². The minimum absolute atomic E-state index is 0.0898. The molecule has 4 nitrogen and oxygen atoms in total. The summed E-state index contributed by atoms with van der Waals surface area (Å²) in [6, 6.07) is 32.3. The van der Waals surface area contributed by atoms with Gasteiger partial charge < -0.3 is 19.7 Å². The zero-order valence-electron chi connectivity index (χ0n) is 21.5. The second kappa shape index (κ2) is 8.39. The van der Waals surface area contributed by atoms with Gasteiger partial charge in [0.2, 0.25) is 0 Å². The number of hydrogen-bond donors (Lipinski definition) is 3. The summed E-state index contributed by atoms with van der Waals surface area (Å²) in [5.74, 6) is -0.649. The Hall–Kier alpha value is -5.22. The third-order valence-electron chi connectivity index (χ3n) is 8.41. The first kappa shape index (κ1) is 22.7. The monoisotopic (exact) mass is 521 g/mol. The Labute approximate surface area is 229 Å². The third kappa shape index (κ3) is 3.02. The Morgan fingerprint density at radius 2 is 1.18 bits per heavy atom. The van der Waals surface area contributed by atoms with Crippen molar-refractivity contribution < 1.29 is 19.7 Å². The van der Waals surface area contributed by atoms with Crippen LogP contribution in [0.3, 0.4) is 0 Å². The molecular formula is C36H25O4+. The van der Waals surface area contributed by atoms with Crippen LogP contribution >= 0.6 is 0 Å². The molecule has 4 N–H and O–H groups in total. The summed E-state index contributed by atoms with van der Waals surface area (Å²) in [7, 11) is 0. The van der Waals surface area contributed by atoms with Gasteiger partial charge in [-0.05, 0) is 50.7 Å². The molecule has 0 spiro atoms. The highest BCUT2D eigenvalue weighted by atomic mass is 16.4. The van der Waals surface area contributed by atoms with E-state index < -0.39 is 0 Å². The van der Waals surface area contributed by atoms with Gasteiger partial charge in [-0.15, -0.1) is 0 Å². The summed E-state index contributed by atoms with van der Waals surface area (Å²) in [6.45, 7) is 0. The normalized spacial score (nSPS) is 14.8. The largest absolute Gasteiger partial charge is 0.542 e. The average Bonchev–Trinajstić information content (AvgIpc) is 3.40.